The fourth-order valence-corrected chi connectivity index (χ4v) is 7.26. The van der Waals surface area contributed by atoms with Crippen LogP contribution in [0.2, 0.25) is 0 Å². The molecule has 0 aliphatic carbocycles. The Kier molecular flexibility index (Phi) is 6.72. The Bertz CT molecular complexity index is 2520. The Morgan fingerprint density at radius 2 is 0.729 bits per heavy atom. The Morgan fingerprint density at radius 3 is 1.23 bits per heavy atom. The van der Waals surface area contributed by atoms with Gasteiger partial charge in [0.1, 0.15) is 5.82 Å². The van der Waals surface area contributed by atoms with Gasteiger partial charge < -0.3 is 4.57 Å². The molecule has 0 atom stereocenters. The summed E-state index contributed by atoms with van der Waals surface area (Å²) in [6.07, 6.45) is 0. The third-order valence-electron chi connectivity index (χ3n) is 9.63. The lowest BCUT2D eigenvalue weighted by Gasteiger charge is -2.18. The monoisotopic (exact) mass is 612 g/mol. The Hall–Kier alpha value is -6.25. The third kappa shape index (κ3) is 4.70. The van der Waals surface area contributed by atoms with Crippen LogP contribution in [-0.2, 0) is 7.05 Å². The molecule has 0 aliphatic heterocycles. The summed E-state index contributed by atoms with van der Waals surface area (Å²) in [6, 6.07) is 63.3. The molecule has 0 radical (unpaired) electrons. The number of hydrogen-bond acceptors (Lipinski definition) is 1. The van der Waals surface area contributed by atoms with Gasteiger partial charge in [0.2, 0.25) is 0 Å². The van der Waals surface area contributed by atoms with Gasteiger partial charge >= 0.3 is 0 Å². The molecule has 8 aromatic carbocycles. The number of hydrogen-bond donors (Lipinski definition) is 0. The van der Waals surface area contributed by atoms with Crippen molar-refractivity contribution < 1.29 is 0 Å². The van der Waals surface area contributed by atoms with Crippen molar-refractivity contribution in [3.05, 3.63) is 176 Å². The first-order valence-corrected chi connectivity index (χ1v) is 16.4. The lowest BCUT2D eigenvalue weighted by Crippen LogP contribution is -1.92. The number of aromatic nitrogens is 2. The normalized spacial score (nSPS) is 11.4. The van der Waals surface area contributed by atoms with Crippen molar-refractivity contribution in [2.75, 3.05) is 0 Å². The maximum atomic E-state index is 5.02. The van der Waals surface area contributed by atoms with E-state index in [4.69, 9.17) is 4.98 Å². The number of rotatable bonds is 5. The van der Waals surface area contributed by atoms with E-state index in [0.29, 0.717) is 0 Å². The summed E-state index contributed by atoms with van der Waals surface area (Å²) in [4.78, 5) is 5.02. The number of imidazole rings is 1. The molecule has 0 spiro atoms. The second-order valence-electron chi connectivity index (χ2n) is 12.4. The maximum Gasteiger partial charge on any atom is 0.140 e. The van der Waals surface area contributed by atoms with Crippen LogP contribution in [-0.4, -0.2) is 9.55 Å². The molecule has 0 aliphatic rings. The van der Waals surface area contributed by atoms with Gasteiger partial charge in [0.05, 0.1) is 11.0 Å². The van der Waals surface area contributed by atoms with Gasteiger partial charge in [-0.05, 0) is 78.2 Å². The van der Waals surface area contributed by atoms with E-state index in [9.17, 15) is 0 Å². The predicted molar refractivity (Wildman–Crippen MR) is 203 cm³/mol. The van der Waals surface area contributed by atoms with Crippen molar-refractivity contribution in [3.63, 3.8) is 0 Å². The molecule has 0 amide bonds. The van der Waals surface area contributed by atoms with Crippen molar-refractivity contribution in [3.8, 4) is 55.9 Å². The van der Waals surface area contributed by atoms with E-state index in [2.05, 4.69) is 181 Å². The molecular weight excluding hydrogens is 581 g/mol. The van der Waals surface area contributed by atoms with Gasteiger partial charge in [-0.2, -0.15) is 0 Å². The molecule has 0 saturated heterocycles. The number of benzene rings is 8. The van der Waals surface area contributed by atoms with E-state index in [1.54, 1.807) is 0 Å². The first kappa shape index (κ1) is 28.0. The van der Waals surface area contributed by atoms with Crippen LogP contribution in [0.5, 0.6) is 0 Å². The number of aryl methyl sites for hydroxylation is 1. The Morgan fingerprint density at radius 1 is 0.354 bits per heavy atom. The van der Waals surface area contributed by atoms with E-state index in [1.165, 1.54) is 60.5 Å². The molecule has 9 rings (SSSR count). The summed E-state index contributed by atoms with van der Waals surface area (Å²) in [5.41, 5.74) is 13.0. The van der Waals surface area contributed by atoms with Crippen LogP contribution in [0, 0.1) is 0 Å². The molecule has 0 saturated carbocycles. The zero-order valence-corrected chi connectivity index (χ0v) is 26.6. The van der Waals surface area contributed by atoms with Crippen molar-refractivity contribution in [1.82, 2.24) is 9.55 Å². The van der Waals surface area contributed by atoms with Crippen molar-refractivity contribution in [2.24, 2.45) is 7.05 Å². The SMILES string of the molecule is Cn1c(-c2ccccc2)nc2cc(-c3ccc(-c4c5ccccc5c(-c5ccc(-c6ccccc6)cc5)c5ccccc45)cc3)ccc21. The van der Waals surface area contributed by atoms with Crippen LogP contribution < -0.4 is 0 Å². The molecule has 2 nitrogen and oxygen atoms in total. The van der Waals surface area contributed by atoms with E-state index in [-0.39, 0.29) is 0 Å². The van der Waals surface area contributed by atoms with Gasteiger partial charge in [0.15, 0.2) is 0 Å². The highest BCUT2D eigenvalue weighted by Gasteiger charge is 2.17. The van der Waals surface area contributed by atoms with Gasteiger partial charge in [0, 0.05) is 12.6 Å². The zero-order chi connectivity index (χ0) is 32.0. The predicted octanol–water partition coefficient (Wildman–Crippen LogP) is 12.2. The minimum absolute atomic E-state index is 0.979. The second kappa shape index (κ2) is 11.5. The van der Waals surface area contributed by atoms with E-state index in [0.717, 1.165) is 28.0 Å². The quantitative estimate of drug-likeness (QED) is 0.177. The Labute approximate surface area is 280 Å². The highest BCUT2D eigenvalue weighted by Crippen LogP contribution is 2.44. The standard InChI is InChI=1S/C46H32N2/c1-48-43-29-28-37(30-42(43)47-46(48)36-14-6-3-7-15-36)33-22-26-35(27-23-33)45-40-18-10-8-16-38(40)44(39-17-9-11-19-41(39)45)34-24-20-32(21-25-34)31-12-4-2-5-13-31/h2-30H,1H3. The van der Waals surface area contributed by atoms with E-state index in [1.807, 2.05) is 6.07 Å². The first-order valence-electron chi connectivity index (χ1n) is 16.4. The summed E-state index contributed by atoms with van der Waals surface area (Å²) < 4.78 is 2.18. The second-order valence-corrected chi connectivity index (χ2v) is 12.4. The van der Waals surface area contributed by atoms with Gasteiger partial charge in [0.25, 0.3) is 0 Å². The summed E-state index contributed by atoms with van der Waals surface area (Å²) in [7, 11) is 2.09. The van der Waals surface area contributed by atoms with Gasteiger partial charge in [-0.25, -0.2) is 4.98 Å². The fraction of sp³-hybridized carbons (Fsp3) is 0.0217. The molecule has 9 aromatic rings. The van der Waals surface area contributed by atoms with Crippen LogP contribution in [0.1, 0.15) is 0 Å². The molecule has 0 N–H and O–H groups in total. The van der Waals surface area contributed by atoms with Crippen LogP contribution in [0.15, 0.2) is 176 Å². The average Bonchev–Trinajstić information content (AvgIpc) is 3.50. The molecule has 2 heteroatoms. The molecule has 48 heavy (non-hydrogen) atoms. The van der Waals surface area contributed by atoms with Gasteiger partial charge in [-0.15, -0.1) is 0 Å². The van der Waals surface area contributed by atoms with Crippen LogP contribution in [0.4, 0.5) is 0 Å². The molecule has 1 heterocycles. The molecule has 0 fully saturated rings. The van der Waals surface area contributed by atoms with Crippen LogP contribution in [0.3, 0.4) is 0 Å². The summed E-state index contributed by atoms with van der Waals surface area (Å²) in [5, 5.41) is 5.04. The summed E-state index contributed by atoms with van der Waals surface area (Å²) in [5.74, 6) is 0.979. The van der Waals surface area contributed by atoms with E-state index < -0.39 is 0 Å². The van der Waals surface area contributed by atoms with E-state index >= 15 is 0 Å². The van der Waals surface area contributed by atoms with Crippen LogP contribution >= 0.6 is 0 Å². The zero-order valence-electron chi connectivity index (χ0n) is 26.6. The minimum Gasteiger partial charge on any atom is -0.327 e. The summed E-state index contributed by atoms with van der Waals surface area (Å²) >= 11 is 0. The number of nitrogens with zero attached hydrogens (tertiary/aromatic N) is 2. The first-order chi connectivity index (χ1) is 23.7. The highest BCUT2D eigenvalue weighted by molar-refractivity contribution is 6.21. The number of fused-ring (bicyclic) bond motifs is 3. The lowest BCUT2D eigenvalue weighted by molar-refractivity contribution is 0.959. The van der Waals surface area contributed by atoms with Gasteiger partial charge in [-0.3, -0.25) is 0 Å². The maximum absolute atomic E-state index is 5.02. The fourth-order valence-electron chi connectivity index (χ4n) is 7.26. The summed E-state index contributed by atoms with van der Waals surface area (Å²) in [6.45, 7) is 0. The molecule has 226 valence electrons. The smallest absolute Gasteiger partial charge is 0.140 e. The molecule has 0 unspecified atom stereocenters. The van der Waals surface area contributed by atoms with Crippen molar-refractivity contribution in [1.29, 1.82) is 0 Å². The average molecular weight is 613 g/mol. The van der Waals surface area contributed by atoms with Crippen molar-refractivity contribution in [2.45, 2.75) is 0 Å². The molecule has 1 aromatic heterocycles. The third-order valence-corrected chi connectivity index (χ3v) is 9.63. The lowest BCUT2D eigenvalue weighted by atomic mass is 9.85. The largest absolute Gasteiger partial charge is 0.327 e. The molecule has 0 bridgehead atoms. The topological polar surface area (TPSA) is 17.8 Å². The van der Waals surface area contributed by atoms with Gasteiger partial charge in [-0.1, -0.05) is 164 Å². The molecular formula is C46H32N2. The Balaban J connectivity index is 1.14. The minimum atomic E-state index is 0.979. The highest BCUT2D eigenvalue weighted by atomic mass is 15.1. The van der Waals surface area contributed by atoms with Crippen molar-refractivity contribution >= 4 is 32.6 Å². The van der Waals surface area contributed by atoms with Crippen LogP contribution in [0.25, 0.3) is 88.5 Å².